The second-order valence-corrected chi connectivity index (χ2v) is 15.8. The third-order valence-corrected chi connectivity index (χ3v) is 12.5. The van der Waals surface area contributed by atoms with Gasteiger partial charge in [0.05, 0.1) is 40.9 Å². The predicted molar refractivity (Wildman–Crippen MR) is 195 cm³/mol. The molecule has 0 unspecified atom stereocenters. The number of halogens is 1. The maximum absolute atomic E-state index is 14.9. The number of piperidine rings is 2. The molecular formula is C40H44FN9O2. The van der Waals surface area contributed by atoms with E-state index in [4.69, 9.17) is 9.97 Å². The van der Waals surface area contributed by atoms with Crippen LogP contribution in [0.1, 0.15) is 83.2 Å². The van der Waals surface area contributed by atoms with Gasteiger partial charge in [0.1, 0.15) is 10.9 Å². The SMILES string of the molecule is CC(C)n1cnc2cc(-c3ccc4c(c3)N(C3CC(N5CCCCC5)C3)C(=O)C43CCN(C(=O)C4(C#N)CC4)CC3)nc(Nc3ccncc3F)c21. The van der Waals surface area contributed by atoms with E-state index in [1.807, 2.05) is 21.6 Å². The fourth-order valence-corrected chi connectivity index (χ4v) is 9.13. The second-order valence-electron chi connectivity index (χ2n) is 15.8. The van der Waals surface area contributed by atoms with Crippen molar-refractivity contribution < 1.29 is 14.0 Å². The lowest BCUT2D eigenvalue weighted by Gasteiger charge is -2.48. The molecule has 0 radical (unpaired) electrons. The molecule has 3 aliphatic heterocycles. The van der Waals surface area contributed by atoms with Gasteiger partial charge in [-0.3, -0.25) is 14.6 Å². The molecule has 4 aromatic rings. The number of likely N-dealkylation sites (tertiary alicyclic amines) is 2. The molecule has 4 fully saturated rings. The van der Waals surface area contributed by atoms with Crippen molar-refractivity contribution >= 4 is 40.0 Å². The number of benzene rings is 1. The zero-order chi connectivity index (χ0) is 35.8. The van der Waals surface area contributed by atoms with E-state index < -0.39 is 16.6 Å². The number of nitriles is 1. The van der Waals surface area contributed by atoms with Gasteiger partial charge < -0.3 is 24.6 Å². The first-order valence-corrected chi connectivity index (χ1v) is 18.9. The van der Waals surface area contributed by atoms with Gasteiger partial charge in [0.15, 0.2) is 11.6 Å². The van der Waals surface area contributed by atoms with E-state index in [2.05, 4.69) is 52.2 Å². The summed E-state index contributed by atoms with van der Waals surface area (Å²) in [6, 6.07) is 12.7. The van der Waals surface area contributed by atoms with Crippen LogP contribution in [0.25, 0.3) is 22.3 Å². The fraction of sp³-hybridized carbons (Fsp3) is 0.500. The van der Waals surface area contributed by atoms with Gasteiger partial charge in [-0.15, -0.1) is 0 Å². The van der Waals surface area contributed by atoms with Crippen LogP contribution in [-0.4, -0.2) is 79.4 Å². The Morgan fingerprint density at radius 1 is 1.02 bits per heavy atom. The zero-order valence-electron chi connectivity index (χ0n) is 29.8. The molecule has 0 bridgehead atoms. The van der Waals surface area contributed by atoms with Gasteiger partial charge in [-0.25, -0.2) is 14.4 Å². The van der Waals surface area contributed by atoms with Gasteiger partial charge in [0, 0.05) is 48.7 Å². The Kier molecular flexibility index (Phi) is 7.84. The molecule has 2 aliphatic carbocycles. The third-order valence-electron chi connectivity index (χ3n) is 12.5. The highest BCUT2D eigenvalue weighted by Crippen LogP contribution is 2.53. The molecule has 1 N–H and O–H groups in total. The summed E-state index contributed by atoms with van der Waals surface area (Å²) < 4.78 is 16.9. The van der Waals surface area contributed by atoms with Crippen molar-refractivity contribution in [2.75, 3.05) is 36.4 Å². The van der Waals surface area contributed by atoms with Gasteiger partial charge in [0.2, 0.25) is 11.8 Å². The summed E-state index contributed by atoms with van der Waals surface area (Å²) in [5.74, 6) is 0.0554. The third kappa shape index (κ3) is 5.18. The molecule has 2 saturated carbocycles. The van der Waals surface area contributed by atoms with Crippen LogP contribution in [0.15, 0.2) is 49.1 Å². The molecule has 52 heavy (non-hydrogen) atoms. The van der Waals surface area contributed by atoms with Gasteiger partial charge in [0.25, 0.3) is 0 Å². The largest absolute Gasteiger partial charge is 0.341 e. The molecule has 1 aromatic carbocycles. The van der Waals surface area contributed by atoms with Crippen LogP contribution in [0.5, 0.6) is 0 Å². The van der Waals surface area contributed by atoms with Crippen molar-refractivity contribution in [3.05, 3.63) is 60.4 Å². The van der Waals surface area contributed by atoms with Gasteiger partial charge in [-0.1, -0.05) is 18.6 Å². The number of anilines is 3. The topological polar surface area (TPSA) is 123 Å². The first-order valence-electron chi connectivity index (χ1n) is 18.9. The number of nitrogens with zero attached hydrogens (tertiary/aromatic N) is 8. The summed E-state index contributed by atoms with van der Waals surface area (Å²) >= 11 is 0. The van der Waals surface area contributed by atoms with Crippen LogP contribution in [-0.2, 0) is 15.0 Å². The highest BCUT2D eigenvalue weighted by molar-refractivity contribution is 6.09. The van der Waals surface area contributed by atoms with Gasteiger partial charge in [-0.05, 0) is 102 Å². The van der Waals surface area contributed by atoms with Crippen molar-refractivity contribution in [1.82, 2.24) is 29.3 Å². The lowest BCUT2D eigenvalue weighted by Crippen LogP contribution is -2.58. The number of imidazole rings is 1. The minimum Gasteiger partial charge on any atom is -0.341 e. The molecular weight excluding hydrogens is 657 g/mol. The quantitative estimate of drug-likeness (QED) is 0.232. The second kappa shape index (κ2) is 12.4. The lowest BCUT2D eigenvalue weighted by molar-refractivity contribution is -0.139. The molecule has 2 amide bonds. The number of amides is 2. The van der Waals surface area contributed by atoms with Crippen molar-refractivity contribution in [1.29, 1.82) is 5.26 Å². The van der Waals surface area contributed by atoms with E-state index in [0.717, 1.165) is 53.8 Å². The maximum atomic E-state index is 14.9. The van der Waals surface area contributed by atoms with E-state index in [1.165, 1.54) is 25.5 Å². The van der Waals surface area contributed by atoms with Crippen LogP contribution in [0.3, 0.4) is 0 Å². The average Bonchev–Trinajstić information content (AvgIpc) is 3.77. The van der Waals surface area contributed by atoms with E-state index >= 15 is 0 Å². The number of fused-ring (bicyclic) bond motifs is 3. The molecule has 1 spiro atoms. The van der Waals surface area contributed by atoms with Crippen LogP contribution in [0, 0.1) is 22.6 Å². The number of pyridine rings is 2. The maximum Gasteiger partial charge on any atom is 0.243 e. The van der Waals surface area contributed by atoms with E-state index in [0.29, 0.717) is 56.3 Å². The van der Waals surface area contributed by atoms with Gasteiger partial charge in [-0.2, -0.15) is 5.26 Å². The number of aromatic nitrogens is 4. The normalized spacial score (nSPS) is 23.5. The van der Waals surface area contributed by atoms with Crippen molar-refractivity contribution in [3.8, 4) is 17.3 Å². The van der Waals surface area contributed by atoms with Crippen LogP contribution < -0.4 is 10.2 Å². The van der Waals surface area contributed by atoms with Gasteiger partial charge >= 0.3 is 0 Å². The Labute approximate surface area is 302 Å². The Morgan fingerprint density at radius 2 is 1.79 bits per heavy atom. The molecule has 268 valence electrons. The Hall–Kier alpha value is -4.89. The lowest BCUT2D eigenvalue weighted by atomic mass is 9.73. The summed E-state index contributed by atoms with van der Waals surface area (Å²) in [6.45, 7) is 7.31. The summed E-state index contributed by atoms with van der Waals surface area (Å²) in [6.07, 6.45) is 12.5. The number of hydrogen-bond donors (Lipinski definition) is 1. The molecule has 11 nitrogen and oxygen atoms in total. The number of rotatable bonds is 7. The summed E-state index contributed by atoms with van der Waals surface area (Å²) in [5, 5.41) is 12.9. The summed E-state index contributed by atoms with van der Waals surface area (Å²) in [4.78, 5) is 48.4. The minimum absolute atomic E-state index is 0.0801. The smallest absolute Gasteiger partial charge is 0.243 e. The molecule has 6 heterocycles. The zero-order valence-corrected chi connectivity index (χ0v) is 29.8. The summed E-state index contributed by atoms with van der Waals surface area (Å²) in [7, 11) is 0. The molecule has 9 rings (SSSR count). The molecule has 2 saturated heterocycles. The first-order chi connectivity index (χ1) is 25.2. The van der Waals surface area contributed by atoms with Crippen molar-refractivity contribution in [3.63, 3.8) is 0 Å². The predicted octanol–water partition coefficient (Wildman–Crippen LogP) is 6.48. The molecule has 0 atom stereocenters. The number of carbonyl (C=O) groups excluding carboxylic acids is 2. The number of carbonyl (C=O) groups is 2. The minimum atomic E-state index is -0.867. The number of hydrogen-bond acceptors (Lipinski definition) is 8. The molecule has 12 heteroatoms. The van der Waals surface area contributed by atoms with Crippen LogP contribution in [0.4, 0.5) is 21.6 Å². The molecule has 5 aliphatic rings. The monoisotopic (exact) mass is 701 g/mol. The average molecular weight is 702 g/mol. The van der Waals surface area contributed by atoms with E-state index in [9.17, 15) is 19.2 Å². The molecule has 3 aromatic heterocycles. The first kappa shape index (κ1) is 33.0. The fourth-order valence-electron chi connectivity index (χ4n) is 9.13. The Morgan fingerprint density at radius 3 is 2.48 bits per heavy atom. The number of nitrogens with one attached hydrogen (secondary N) is 1. The van der Waals surface area contributed by atoms with Crippen LogP contribution in [0.2, 0.25) is 0 Å². The highest BCUT2D eigenvalue weighted by atomic mass is 19.1. The Balaban J connectivity index is 1.09. The van der Waals surface area contributed by atoms with E-state index in [-0.39, 0.29) is 29.6 Å². The Bertz CT molecular complexity index is 2110. The highest BCUT2D eigenvalue weighted by Gasteiger charge is 2.58. The van der Waals surface area contributed by atoms with Crippen LogP contribution >= 0.6 is 0 Å². The van der Waals surface area contributed by atoms with Crippen molar-refractivity contribution in [2.45, 2.75) is 95.2 Å². The van der Waals surface area contributed by atoms with E-state index in [1.54, 1.807) is 18.6 Å². The standard InChI is InChI=1S/C40H44FN9O2/c1-25(2)49-24-44-33-21-32(46-36(35(33)49)45-31-8-13-43-22-30(31)41)26-6-7-29-34(18-26)50(28-19-27(20-28)47-14-4-3-5-15-47)38(52)40(29)11-16-48(17-12-40)37(51)39(23-42)9-10-39/h6-8,13,18,21-22,24-25,27-28H,3-5,9-12,14-17,19-20H2,1-2H3,(H,43,45,46). The summed E-state index contributed by atoms with van der Waals surface area (Å²) in [5.41, 5.74) is 3.63. The van der Waals surface area contributed by atoms with Crippen molar-refractivity contribution in [2.24, 2.45) is 5.41 Å².